The topological polar surface area (TPSA) is 66.6 Å². The number of likely N-dealkylation sites (tertiary alicyclic amines) is 1. The normalized spacial score (nSPS) is 22.7. The van der Waals surface area contributed by atoms with Gasteiger partial charge in [0, 0.05) is 32.1 Å². The van der Waals surface area contributed by atoms with E-state index in [0.717, 1.165) is 38.8 Å². The van der Waals surface area contributed by atoms with Crippen LogP contribution < -0.4 is 5.73 Å². The highest BCUT2D eigenvalue weighted by molar-refractivity contribution is 5.81. The smallest absolute Gasteiger partial charge is 0.239 e. The number of amides is 2. The molecule has 2 N–H and O–H groups in total. The van der Waals surface area contributed by atoms with E-state index in [2.05, 4.69) is 0 Å². The van der Waals surface area contributed by atoms with Crippen molar-refractivity contribution >= 4 is 11.8 Å². The minimum Gasteiger partial charge on any atom is -0.341 e. The zero-order valence-corrected chi connectivity index (χ0v) is 11.3. The molecule has 0 aromatic carbocycles. The molecular formula is C13H23N3O2. The molecule has 2 rings (SSSR count). The van der Waals surface area contributed by atoms with Crippen LogP contribution in [0.2, 0.25) is 0 Å². The molecule has 0 aromatic heterocycles. The van der Waals surface area contributed by atoms with Gasteiger partial charge in [-0.1, -0.05) is 0 Å². The van der Waals surface area contributed by atoms with E-state index in [1.165, 1.54) is 0 Å². The summed E-state index contributed by atoms with van der Waals surface area (Å²) in [5, 5.41) is 0. The van der Waals surface area contributed by atoms with E-state index >= 15 is 0 Å². The lowest BCUT2D eigenvalue weighted by atomic mass is 10.0. The maximum atomic E-state index is 11.8. The molecule has 1 heterocycles. The second-order valence-electron chi connectivity index (χ2n) is 5.50. The molecule has 1 saturated heterocycles. The van der Waals surface area contributed by atoms with E-state index < -0.39 is 6.04 Å². The van der Waals surface area contributed by atoms with E-state index in [1.54, 1.807) is 13.8 Å². The molecule has 0 bridgehead atoms. The van der Waals surface area contributed by atoms with Gasteiger partial charge in [0.1, 0.15) is 0 Å². The van der Waals surface area contributed by atoms with Crippen LogP contribution in [-0.4, -0.2) is 52.8 Å². The van der Waals surface area contributed by atoms with Crippen LogP contribution in [0, 0.1) is 0 Å². The second-order valence-corrected chi connectivity index (χ2v) is 5.50. The van der Waals surface area contributed by atoms with Gasteiger partial charge in [-0.05, 0) is 32.6 Å². The number of piperidine rings is 1. The lowest BCUT2D eigenvalue weighted by Crippen LogP contribution is -2.51. The fourth-order valence-corrected chi connectivity index (χ4v) is 2.82. The molecule has 1 saturated carbocycles. The Morgan fingerprint density at radius 2 is 1.67 bits per heavy atom. The molecule has 1 unspecified atom stereocenters. The van der Waals surface area contributed by atoms with Crippen molar-refractivity contribution < 1.29 is 9.59 Å². The van der Waals surface area contributed by atoms with Gasteiger partial charge >= 0.3 is 0 Å². The molecule has 0 spiro atoms. The van der Waals surface area contributed by atoms with E-state index in [-0.39, 0.29) is 11.8 Å². The highest BCUT2D eigenvalue weighted by Gasteiger charge is 2.37. The summed E-state index contributed by atoms with van der Waals surface area (Å²) in [5.41, 5.74) is 5.61. The number of hydrogen-bond acceptors (Lipinski definition) is 3. The molecular weight excluding hydrogens is 230 g/mol. The maximum absolute atomic E-state index is 11.8. The maximum Gasteiger partial charge on any atom is 0.239 e. The van der Waals surface area contributed by atoms with Gasteiger partial charge in [0.15, 0.2) is 0 Å². The summed E-state index contributed by atoms with van der Waals surface area (Å²) in [6, 6.07) is 0.351. The number of hydrogen-bond donors (Lipinski definition) is 1. The molecule has 2 fully saturated rings. The van der Waals surface area contributed by atoms with Crippen LogP contribution in [0.5, 0.6) is 0 Å². The van der Waals surface area contributed by atoms with Crippen molar-refractivity contribution in [1.29, 1.82) is 0 Å². The highest BCUT2D eigenvalue weighted by Crippen LogP contribution is 2.31. The Morgan fingerprint density at radius 1 is 1.17 bits per heavy atom. The summed E-state index contributed by atoms with van der Waals surface area (Å²) >= 11 is 0. The average Bonchev–Trinajstić information content (AvgIpc) is 3.13. The number of nitrogens with two attached hydrogens (primary N) is 1. The predicted octanol–water partition coefficient (Wildman–Crippen LogP) is 0.336. The molecule has 5 heteroatoms. The summed E-state index contributed by atoms with van der Waals surface area (Å²) in [7, 11) is 0. The van der Waals surface area contributed by atoms with Crippen LogP contribution in [0.4, 0.5) is 0 Å². The standard InChI is InChI=1S/C13H23N3O2/c1-9(14)13(18)15-7-5-12(6-8-15)16(10(2)17)11-3-4-11/h9,11-12H,3-8,14H2,1-2H3. The molecule has 2 amide bonds. The van der Waals surface area contributed by atoms with Gasteiger partial charge in [0.2, 0.25) is 11.8 Å². The first-order valence-corrected chi connectivity index (χ1v) is 6.84. The zero-order chi connectivity index (χ0) is 13.3. The Kier molecular flexibility index (Phi) is 3.90. The van der Waals surface area contributed by atoms with Crippen molar-refractivity contribution in [3.8, 4) is 0 Å². The van der Waals surface area contributed by atoms with Gasteiger partial charge in [0.25, 0.3) is 0 Å². The number of rotatable bonds is 3. The predicted molar refractivity (Wildman–Crippen MR) is 68.8 cm³/mol. The fraction of sp³-hybridized carbons (Fsp3) is 0.846. The Labute approximate surface area is 108 Å². The quantitative estimate of drug-likeness (QED) is 0.788. The van der Waals surface area contributed by atoms with Gasteiger partial charge in [-0.25, -0.2) is 0 Å². The van der Waals surface area contributed by atoms with Gasteiger partial charge < -0.3 is 15.5 Å². The van der Waals surface area contributed by atoms with Crippen LogP contribution in [0.3, 0.4) is 0 Å². The summed E-state index contributed by atoms with van der Waals surface area (Å²) in [4.78, 5) is 27.3. The van der Waals surface area contributed by atoms with E-state index in [4.69, 9.17) is 5.73 Å². The van der Waals surface area contributed by atoms with E-state index in [1.807, 2.05) is 9.80 Å². The van der Waals surface area contributed by atoms with Crippen LogP contribution in [0.25, 0.3) is 0 Å². The first kappa shape index (κ1) is 13.3. The van der Waals surface area contributed by atoms with Crippen molar-refractivity contribution in [2.75, 3.05) is 13.1 Å². The molecule has 0 aromatic rings. The molecule has 18 heavy (non-hydrogen) atoms. The van der Waals surface area contributed by atoms with Crippen molar-refractivity contribution in [2.24, 2.45) is 5.73 Å². The van der Waals surface area contributed by atoms with Crippen molar-refractivity contribution in [2.45, 2.75) is 57.7 Å². The SMILES string of the molecule is CC(=O)N(C1CC1)C1CCN(C(=O)C(C)N)CC1. The van der Waals surface area contributed by atoms with Crippen molar-refractivity contribution in [1.82, 2.24) is 9.80 Å². The van der Waals surface area contributed by atoms with Gasteiger partial charge in [0.05, 0.1) is 6.04 Å². The van der Waals surface area contributed by atoms with E-state index in [9.17, 15) is 9.59 Å². The Hall–Kier alpha value is -1.10. The fourth-order valence-electron chi connectivity index (χ4n) is 2.82. The monoisotopic (exact) mass is 253 g/mol. The van der Waals surface area contributed by atoms with Crippen molar-refractivity contribution in [3.05, 3.63) is 0 Å². The lowest BCUT2D eigenvalue weighted by Gasteiger charge is -2.38. The summed E-state index contributed by atoms with van der Waals surface area (Å²) in [5.74, 6) is 0.198. The largest absolute Gasteiger partial charge is 0.341 e. The molecule has 1 aliphatic carbocycles. The van der Waals surface area contributed by atoms with Crippen LogP contribution in [0.1, 0.15) is 39.5 Å². The Bertz CT molecular complexity index is 331. The molecule has 2 aliphatic rings. The Balaban J connectivity index is 1.89. The number of carbonyl (C=O) groups is 2. The molecule has 0 radical (unpaired) electrons. The minimum atomic E-state index is -0.422. The molecule has 102 valence electrons. The minimum absolute atomic E-state index is 0.0225. The summed E-state index contributed by atoms with van der Waals surface area (Å²) in [6.45, 7) is 4.82. The van der Waals surface area contributed by atoms with Crippen LogP contribution >= 0.6 is 0 Å². The third-order valence-corrected chi connectivity index (χ3v) is 3.86. The summed E-state index contributed by atoms with van der Waals surface area (Å²) in [6.07, 6.45) is 4.04. The zero-order valence-electron chi connectivity index (χ0n) is 11.3. The molecule has 1 aliphatic heterocycles. The lowest BCUT2D eigenvalue weighted by molar-refractivity contribution is -0.136. The van der Waals surface area contributed by atoms with Gasteiger partial charge in [-0.2, -0.15) is 0 Å². The highest BCUT2D eigenvalue weighted by atomic mass is 16.2. The number of carbonyl (C=O) groups excluding carboxylic acids is 2. The first-order valence-electron chi connectivity index (χ1n) is 6.84. The van der Waals surface area contributed by atoms with E-state index in [0.29, 0.717) is 12.1 Å². The van der Waals surface area contributed by atoms with Gasteiger partial charge in [-0.3, -0.25) is 9.59 Å². The first-order chi connectivity index (χ1) is 8.50. The number of nitrogens with zero attached hydrogens (tertiary/aromatic N) is 2. The average molecular weight is 253 g/mol. The second kappa shape index (κ2) is 5.26. The third kappa shape index (κ3) is 2.83. The van der Waals surface area contributed by atoms with Gasteiger partial charge in [-0.15, -0.1) is 0 Å². The molecule has 1 atom stereocenters. The van der Waals surface area contributed by atoms with Crippen LogP contribution in [-0.2, 0) is 9.59 Å². The molecule has 5 nitrogen and oxygen atoms in total. The summed E-state index contributed by atoms with van der Waals surface area (Å²) < 4.78 is 0. The Morgan fingerprint density at radius 3 is 2.06 bits per heavy atom. The van der Waals surface area contributed by atoms with Crippen molar-refractivity contribution in [3.63, 3.8) is 0 Å². The van der Waals surface area contributed by atoms with Crippen LogP contribution in [0.15, 0.2) is 0 Å². The third-order valence-electron chi connectivity index (χ3n) is 3.86.